The summed E-state index contributed by atoms with van der Waals surface area (Å²) in [6.45, 7) is 6.94. The van der Waals surface area contributed by atoms with E-state index in [4.69, 9.17) is 5.73 Å². The molecule has 0 unspecified atom stereocenters. The molecule has 0 bridgehead atoms. The number of nitrogens with one attached hydrogen (secondary N) is 1. The van der Waals surface area contributed by atoms with Crippen molar-refractivity contribution in [3.05, 3.63) is 0 Å². The molecule has 5 heteroatoms. The van der Waals surface area contributed by atoms with Crippen molar-refractivity contribution < 1.29 is 4.79 Å². The first-order valence-electron chi connectivity index (χ1n) is 6.01. The Morgan fingerprint density at radius 1 is 1.44 bits per heavy atom. The van der Waals surface area contributed by atoms with Crippen LogP contribution in [0.3, 0.4) is 0 Å². The van der Waals surface area contributed by atoms with E-state index in [9.17, 15) is 4.79 Å². The van der Waals surface area contributed by atoms with E-state index in [1.165, 1.54) is 0 Å². The molecule has 0 spiro atoms. The number of aliphatic imine (C=N–C) groups is 1. The van der Waals surface area contributed by atoms with Crippen LogP contribution in [-0.2, 0) is 4.79 Å². The summed E-state index contributed by atoms with van der Waals surface area (Å²) in [5.74, 6) is 0.992. The highest BCUT2D eigenvalue weighted by Crippen LogP contribution is 2.28. The molecule has 16 heavy (non-hydrogen) atoms. The number of nitrogens with zero attached hydrogens (tertiary/aromatic N) is 2. The molecular formula is C11H22N4O. The zero-order chi connectivity index (χ0) is 12.0. The number of hydrogen-bond acceptors (Lipinski definition) is 2. The van der Waals surface area contributed by atoms with Crippen molar-refractivity contribution in [3.8, 4) is 0 Å². The lowest BCUT2D eigenvalue weighted by molar-refractivity contribution is -0.122. The Morgan fingerprint density at radius 3 is 2.56 bits per heavy atom. The Morgan fingerprint density at radius 2 is 2.06 bits per heavy atom. The minimum absolute atomic E-state index is 0.164. The van der Waals surface area contributed by atoms with Gasteiger partial charge in [0.15, 0.2) is 5.96 Å². The van der Waals surface area contributed by atoms with Gasteiger partial charge in [-0.1, -0.05) is 0 Å². The quantitative estimate of drug-likeness (QED) is 0.385. The third kappa shape index (κ3) is 4.08. The number of guanidine groups is 1. The summed E-state index contributed by atoms with van der Waals surface area (Å²) < 4.78 is 0. The number of amides is 1. The Bertz CT molecular complexity index is 257. The molecule has 0 aliphatic heterocycles. The summed E-state index contributed by atoms with van der Waals surface area (Å²) in [6.07, 6.45) is 2.08. The first-order valence-corrected chi connectivity index (χ1v) is 6.01. The van der Waals surface area contributed by atoms with Crippen molar-refractivity contribution in [2.75, 3.05) is 26.2 Å². The van der Waals surface area contributed by atoms with E-state index in [1.54, 1.807) is 0 Å². The van der Waals surface area contributed by atoms with Gasteiger partial charge in [-0.25, -0.2) is 0 Å². The summed E-state index contributed by atoms with van der Waals surface area (Å²) in [7, 11) is 0. The minimum atomic E-state index is 0.164. The van der Waals surface area contributed by atoms with E-state index in [-0.39, 0.29) is 11.8 Å². The normalized spacial score (nSPS) is 16.0. The van der Waals surface area contributed by atoms with Gasteiger partial charge >= 0.3 is 0 Å². The van der Waals surface area contributed by atoms with Crippen LogP contribution in [0.1, 0.15) is 26.7 Å². The zero-order valence-electron chi connectivity index (χ0n) is 10.2. The first kappa shape index (κ1) is 12.8. The lowest BCUT2D eigenvalue weighted by Gasteiger charge is -2.19. The Labute approximate surface area is 97.1 Å². The third-order valence-corrected chi connectivity index (χ3v) is 2.72. The average Bonchev–Trinajstić information content (AvgIpc) is 3.09. The van der Waals surface area contributed by atoms with E-state index in [0.29, 0.717) is 19.0 Å². The van der Waals surface area contributed by atoms with Gasteiger partial charge in [0.05, 0.1) is 6.54 Å². The summed E-state index contributed by atoms with van der Waals surface area (Å²) >= 11 is 0. The maximum absolute atomic E-state index is 11.3. The van der Waals surface area contributed by atoms with Gasteiger partial charge in [-0.05, 0) is 26.7 Å². The van der Waals surface area contributed by atoms with E-state index in [0.717, 1.165) is 25.9 Å². The van der Waals surface area contributed by atoms with Crippen LogP contribution in [0.15, 0.2) is 4.99 Å². The molecule has 1 amide bonds. The van der Waals surface area contributed by atoms with Crippen LogP contribution in [0.25, 0.3) is 0 Å². The van der Waals surface area contributed by atoms with E-state index in [2.05, 4.69) is 10.3 Å². The van der Waals surface area contributed by atoms with Gasteiger partial charge in [-0.2, -0.15) is 0 Å². The second-order valence-corrected chi connectivity index (χ2v) is 3.98. The molecule has 0 aromatic heterocycles. The maximum Gasteiger partial charge on any atom is 0.223 e. The lowest BCUT2D eigenvalue weighted by atomic mass is 10.4. The summed E-state index contributed by atoms with van der Waals surface area (Å²) in [5.41, 5.74) is 5.79. The van der Waals surface area contributed by atoms with Crippen LogP contribution >= 0.6 is 0 Å². The number of rotatable bonds is 6. The van der Waals surface area contributed by atoms with Gasteiger partial charge in [0.2, 0.25) is 5.91 Å². The first-order chi connectivity index (χ1) is 7.69. The van der Waals surface area contributed by atoms with Gasteiger partial charge in [-0.3, -0.25) is 9.79 Å². The van der Waals surface area contributed by atoms with Crippen molar-refractivity contribution in [1.29, 1.82) is 0 Å². The fourth-order valence-electron chi connectivity index (χ4n) is 1.49. The predicted octanol–water partition coefficient (Wildman–Crippen LogP) is 0.169. The van der Waals surface area contributed by atoms with Crippen molar-refractivity contribution in [2.24, 2.45) is 16.6 Å². The molecule has 0 saturated heterocycles. The minimum Gasteiger partial charge on any atom is -0.370 e. The van der Waals surface area contributed by atoms with Crippen LogP contribution in [0.5, 0.6) is 0 Å². The molecular weight excluding hydrogens is 204 g/mol. The van der Waals surface area contributed by atoms with Crippen molar-refractivity contribution >= 4 is 11.9 Å². The molecule has 1 aliphatic carbocycles. The highest BCUT2D eigenvalue weighted by atomic mass is 16.2. The molecule has 0 aromatic carbocycles. The Hall–Kier alpha value is -1.26. The summed E-state index contributed by atoms with van der Waals surface area (Å²) in [4.78, 5) is 17.5. The van der Waals surface area contributed by atoms with Crippen LogP contribution in [-0.4, -0.2) is 42.9 Å². The van der Waals surface area contributed by atoms with E-state index >= 15 is 0 Å². The Balaban J connectivity index is 2.16. The number of carbonyl (C=O) groups excluding carboxylic acids is 1. The van der Waals surface area contributed by atoms with Crippen LogP contribution in [0.4, 0.5) is 0 Å². The standard InChI is InChI=1S/C11H22N4O/c1-3-15(4-2)11(12)14-8-7-13-10(16)9-5-6-9/h9H,3-8H2,1-2H3,(H2,12,14)(H,13,16). The van der Waals surface area contributed by atoms with Crippen LogP contribution in [0, 0.1) is 5.92 Å². The highest BCUT2D eigenvalue weighted by Gasteiger charge is 2.28. The third-order valence-electron chi connectivity index (χ3n) is 2.72. The fourth-order valence-corrected chi connectivity index (χ4v) is 1.49. The molecule has 0 heterocycles. The molecule has 5 nitrogen and oxygen atoms in total. The second-order valence-electron chi connectivity index (χ2n) is 3.98. The van der Waals surface area contributed by atoms with Gasteiger partial charge in [0.1, 0.15) is 0 Å². The SMILES string of the molecule is CCN(CC)C(N)=NCCNC(=O)C1CC1. The van der Waals surface area contributed by atoms with Crippen LogP contribution in [0.2, 0.25) is 0 Å². The molecule has 1 aliphatic rings. The van der Waals surface area contributed by atoms with Crippen molar-refractivity contribution in [1.82, 2.24) is 10.2 Å². The second kappa shape index (κ2) is 6.35. The fraction of sp³-hybridized carbons (Fsp3) is 0.818. The molecule has 1 saturated carbocycles. The topological polar surface area (TPSA) is 70.7 Å². The molecule has 92 valence electrons. The number of carbonyl (C=O) groups is 1. The van der Waals surface area contributed by atoms with Crippen LogP contribution < -0.4 is 11.1 Å². The smallest absolute Gasteiger partial charge is 0.223 e. The monoisotopic (exact) mass is 226 g/mol. The summed E-state index contributed by atoms with van der Waals surface area (Å²) in [6, 6.07) is 0. The van der Waals surface area contributed by atoms with Gasteiger partial charge in [0, 0.05) is 25.6 Å². The maximum atomic E-state index is 11.3. The number of hydrogen-bond donors (Lipinski definition) is 2. The van der Waals surface area contributed by atoms with E-state index < -0.39 is 0 Å². The molecule has 1 fully saturated rings. The average molecular weight is 226 g/mol. The van der Waals surface area contributed by atoms with Gasteiger partial charge < -0.3 is 16.0 Å². The van der Waals surface area contributed by atoms with Gasteiger partial charge in [-0.15, -0.1) is 0 Å². The van der Waals surface area contributed by atoms with E-state index in [1.807, 2.05) is 18.7 Å². The lowest BCUT2D eigenvalue weighted by Crippen LogP contribution is -2.37. The highest BCUT2D eigenvalue weighted by molar-refractivity contribution is 5.81. The molecule has 1 rings (SSSR count). The Kier molecular flexibility index (Phi) is 5.08. The van der Waals surface area contributed by atoms with Gasteiger partial charge in [0.25, 0.3) is 0 Å². The molecule has 0 aromatic rings. The van der Waals surface area contributed by atoms with Crippen molar-refractivity contribution in [2.45, 2.75) is 26.7 Å². The molecule has 3 N–H and O–H groups in total. The number of nitrogens with two attached hydrogens (primary N) is 1. The molecule has 0 radical (unpaired) electrons. The predicted molar refractivity (Wildman–Crippen MR) is 65.1 cm³/mol. The molecule has 0 atom stereocenters. The van der Waals surface area contributed by atoms with Crippen molar-refractivity contribution in [3.63, 3.8) is 0 Å². The zero-order valence-corrected chi connectivity index (χ0v) is 10.2. The summed E-state index contributed by atoms with van der Waals surface area (Å²) in [5, 5.41) is 2.85. The largest absolute Gasteiger partial charge is 0.370 e.